The molecule has 0 radical (unpaired) electrons. The first kappa shape index (κ1) is 12.8. The Morgan fingerprint density at radius 1 is 1.33 bits per heavy atom. The van der Waals surface area contributed by atoms with Crippen molar-refractivity contribution in [3.8, 4) is 5.75 Å². The minimum atomic E-state index is 0.506. The molecule has 0 amide bonds. The van der Waals surface area contributed by atoms with Crippen LogP contribution in [0.4, 0.5) is 5.69 Å². The maximum absolute atomic E-state index is 6.08. The quantitative estimate of drug-likeness (QED) is 0.865. The number of halogens is 1. The number of benzene rings is 1. The fraction of sp³-hybridized carbons (Fsp3) is 0.308. The molecule has 2 N–H and O–H groups in total. The van der Waals surface area contributed by atoms with Crippen LogP contribution in [-0.4, -0.2) is 16.4 Å². The summed E-state index contributed by atoms with van der Waals surface area (Å²) in [5, 5.41) is 5.05. The van der Waals surface area contributed by atoms with Crippen molar-refractivity contribution in [1.29, 1.82) is 0 Å². The molecule has 5 heteroatoms. The summed E-state index contributed by atoms with van der Waals surface area (Å²) in [6.07, 6.45) is 0. The largest absolute Gasteiger partial charge is 0.490 e. The van der Waals surface area contributed by atoms with E-state index in [4.69, 9.17) is 22.1 Å². The van der Waals surface area contributed by atoms with Crippen LogP contribution in [0.25, 0.3) is 0 Å². The van der Waals surface area contributed by atoms with Crippen LogP contribution in [0.5, 0.6) is 5.75 Å². The predicted molar refractivity (Wildman–Crippen MR) is 73.1 cm³/mol. The molecule has 0 saturated heterocycles. The van der Waals surface area contributed by atoms with Crippen molar-refractivity contribution < 1.29 is 4.74 Å². The van der Waals surface area contributed by atoms with E-state index in [2.05, 4.69) is 5.10 Å². The van der Waals surface area contributed by atoms with E-state index >= 15 is 0 Å². The van der Waals surface area contributed by atoms with Crippen LogP contribution in [0.1, 0.15) is 11.4 Å². The molecule has 0 bridgehead atoms. The van der Waals surface area contributed by atoms with Gasteiger partial charge in [0, 0.05) is 0 Å². The lowest BCUT2D eigenvalue weighted by atomic mass is 10.3. The second-order valence-electron chi connectivity index (χ2n) is 4.09. The maximum Gasteiger partial charge on any atom is 0.142 e. The van der Waals surface area contributed by atoms with Gasteiger partial charge >= 0.3 is 0 Å². The van der Waals surface area contributed by atoms with E-state index in [9.17, 15) is 0 Å². The Morgan fingerprint density at radius 2 is 2.06 bits per heavy atom. The van der Waals surface area contributed by atoms with E-state index in [1.54, 1.807) is 0 Å². The van der Waals surface area contributed by atoms with Gasteiger partial charge in [0.15, 0.2) is 0 Å². The van der Waals surface area contributed by atoms with Crippen LogP contribution in [0.2, 0.25) is 5.02 Å². The lowest BCUT2D eigenvalue weighted by Crippen LogP contribution is -2.11. The first-order valence-electron chi connectivity index (χ1n) is 5.76. The van der Waals surface area contributed by atoms with Gasteiger partial charge in [-0.2, -0.15) is 5.10 Å². The third kappa shape index (κ3) is 2.59. The average Bonchev–Trinajstić information content (AvgIpc) is 2.60. The van der Waals surface area contributed by atoms with Crippen LogP contribution in [0, 0.1) is 13.8 Å². The molecule has 0 saturated carbocycles. The van der Waals surface area contributed by atoms with Gasteiger partial charge in [-0.3, -0.25) is 4.68 Å². The molecular weight excluding hydrogens is 250 g/mol. The van der Waals surface area contributed by atoms with Crippen LogP contribution in [-0.2, 0) is 6.54 Å². The summed E-state index contributed by atoms with van der Waals surface area (Å²) in [7, 11) is 0. The SMILES string of the molecule is Cc1nn(CCOc2ccccc2N)c(C)c1Cl. The molecule has 2 aromatic rings. The Hall–Kier alpha value is -1.68. The summed E-state index contributed by atoms with van der Waals surface area (Å²) in [4.78, 5) is 0. The fourth-order valence-electron chi connectivity index (χ4n) is 1.75. The Morgan fingerprint density at radius 3 is 2.67 bits per heavy atom. The monoisotopic (exact) mass is 265 g/mol. The van der Waals surface area contributed by atoms with Gasteiger partial charge in [-0.25, -0.2) is 0 Å². The molecule has 0 aliphatic rings. The number of para-hydroxylation sites is 2. The average molecular weight is 266 g/mol. The minimum Gasteiger partial charge on any atom is -0.490 e. The van der Waals surface area contributed by atoms with Crippen molar-refractivity contribution in [2.45, 2.75) is 20.4 Å². The third-order valence-corrected chi connectivity index (χ3v) is 3.32. The molecule has 0 atom stereocenters. The van der Waals surface area contributed by atoms with Gasteiger partial charge in [-0.15, -0.1) is 0 Å². The second-order valence-corrected chi connectivity index (χ2v) is 4.47. The van der Waals surface area contributed by atoms with Gasteiger partial charge < -0.3 is 10.5 Å². The minimum absolute atomic E-state index is 0.506. The van der Waals surface area contributed by atoms with E-state index in [0.29, 0.717) is 29.6 Å². The Kier molecular flexibility index (Phi) is 3.77. The number of nitrogens with zero attached hydrogens (tertiary/aromatic N) is 2. The van der Waals surface area contributed by atoms with Crippen LogP contribution in [0.3, 0.4) is 0 Å². The highest BCUT2D eigenvalue weighted by Gasteiger charge is 2.08. The number of anilines is 1. The summed E-state index contributed by atoms with van der Waals surface area (Å²) in [6.45, 7) is 4.99. The van der Waals surface area contributed by atoms with Crippen LogP contribution in [0.15, 0.2) is 24.3 Å². The smallest absolute Gasteiger partial charge is 0.142 e. The topological polar surface area (TPSA) is 53.1 Å². The van der Waals surface area contributed by atoms with Crippen molar-refractivity contribution in [2.24, 2.45) is 0 Å². The number of aromatic nitrogens is 2. The van der Waals surface area contributed by atoms with E-state index in [1.807, 2.05) is 42.8 Å². The van der Waals surface area contributed by atoms with Gasteiger partial charge in [0.1, 0.15) is 12.4 Å². The van der Waals surface area contributed by atoms with Gasteiger partial charge in [-0.1, -0.05) is 23.7 Å². The zero-order valence-corrected chi connectivity index (χ0v) is 11.2. The maximum atomic E-state index is 6.08. The highest BCUT2D eigenvalue weighted by Crippen LogP contribution is 2.21. The summed E-state index contributed by atoms with van der Waals surface area (Å²) >= 11 is 6.08. The lowest BCUT2D eigenvalue weighted by Gasteiger charge is -2.09. The lowest BCUT2D eigenvalue weighted by molar-refractivity contribution is 0.291. The van der Waals surface area contributed by atoms with Gasteiger partial charge in [-0.05, 0) is 26.0 Å². The third-order valence-electron chi connectivity index (χ3n) is 2.77. The molecule has 1 heterocycles. The number of nitrogen functional groups attached to an aromatic ring is 1. The molecule has 4 nitrogen and oxygen atoms in total. The zero-order valence-electron chi connectivity index (χ0n) is 10.5. The number of aryl methyl sites for hydroxylation is 1. The second kappa shape index (κ2) is 5.31. The van der Waals surface area contributed by atoms with Gasteiger partial charge in [0.2, 0.25) is 0 Å². The van der Waals surface area contributed by atoms with Crippen molar-refractivity contribution in [3.63, 3.8) is 0 Å². The summed E-state index contributed by atoms with van der Waals surface area (Å²) in [5.74, 6) is 0.699. The fourth-order valence-corrected chi connectivity index (χ4v) is 1.88. The molecule has 1 aromatic carbocycles. The molecule has 0 spiro atoms. The van der Waals surface area contributed by atoms with Crippen LogP contribution < -0.4 is 10.5 Å². The number of ether oxygens (including phenoxy) is 1. The molecular formula is C13H16ClN3O. The highest BCUT2D eigenvalue weighted by molar-refractivity contribution is 6.31. The van der Waals surface area contributed by atoms with Crippen LogP contribution >= 0.6 is 11.6 Å². The molecule has 0 aliphatic heterocycles. The molecule has 1 aromatic heterocycles. The highest BCUT2D eigenvalue weighted by atomic mass is 35.5. The summed E-state index contributed by atoms with van der Waals surface area (Å²) in [5.41, 5.74) is 8.23. The normalized spacial score (nSPS) is 10.6. The van der Waals surface area contributed by atoms with Crippen molar-refractivity contribution in [1.82, 2.24) is 9.78 Å². The van der Waals surface area contributed by atoms with Crippen molar-refractivity contribution in [2.75, 3.05) is 12.3 Å². The zero-order chi connectivity index (χ0) is 13.1. The molecule has 0 unspecified atom stereocenters. The number of hydrogen-bond donors (Lipinski definition) is 1. The Labute approximate surface area is 111 Å². The molecule has 0 fully saturated rings. The number of nitrogens with two attached hydrogens (primary N) is 1. The van der Waals surface area contributed by atoms with E-state index in [0.717, 1.165) is 11.4 Å². The van der Waals surface area contributed by atoms with Crippen molar-refractivity contribution >= 4 is 17.3 Å². The molecule has 96 valence electrons. The molecule has 2 rings (SSSR count). The van der Waals surface area contributed by atoms with E-state index in [-0.39, 0.29) is 0 Å². The van der Waals surface area contributed by atoms with Gasteiger partial charge in [0.25, 0.3) is 0 Å². The Balaban J connectivity index is 1.97. The van der Waals surface area contributed by atoms with E-state index in [1.165, 1.54) is 0 Å². The summed E-state index contributed by atoms with van der Waals surface area (Å²) < 4.78 is 7.46. The molecule has 0 aliphatic carbocycles. The first-order valence-corrected chi connectivity index (χ1v) is 6.14. The van der Waals surface area contributed by atoms with Gasteiger partial charge in [0.05, 0.1) is 28.6 Å². The first-order chi connectivity index (χ1) is 8.59. The summed E-state index contributed by atoms with van der Waals surface area (Å²) in [6, 6.07) is 7.44. The molecule has 18 heavy (non-hydrogen) atoms. The van der Waals surface area contributed by atoms with Crippen molar-refractivity contribution in [3.05, 3.63) is 40.7 Å². The standard InChI is InChI=1S/C13H16ClN3O/c1-9-13(14)10(2)17(16-9)7-8-18-12-6-4-3-5-11(12)15/h3-6H,7-8,15H2,1-2H3. The number of hydrogen-bond acceptors (Lipinski definition) is 3. The Bertz CT molecular complexity index is 551. The predicted octanol–water partition coefficient (Wildman–Crippen LogP) is 2.81. The van der Waals surface area contributed by atoms with E-state index < -0.39 is 0 Å². The number of rotatable bonds is 4.